The molecule has 34 heavy (non-hydrogen) atoms. The van der Waals surface area contributed by atoms with Crippen LogP contribution < -0.4 is 10.6 Å². The summed E-state index contributed by atoms with van der Waals surface area (Å²) in [6.45, 7) is 8.78. The predicted molar refractivity (Wildman–Crippen MR) is 148 cm³/mol. The highest BCUT2D eigenvalue weighted by Crippen LogP contribution is 2.18. The number of likely N-dealkylation sites (tertiary alicyclic amines) is 1. The SMILES string of the molecule is CCNC(=NCc1ccccc1CN1CCCC1=O)NCCCn1c(C)nc2ccccc21.I. The van der Waals surface area contributed by atoms with Crippen molar-refractivity contribution in [3.63, 3.8) is 0 Å². The standard InChI is InChI=1S/C26H34N6O.HI/c1-3-27-26(28-15-9-17-32-20(2)30-23-12-6-7-13-24(23)32)29-18-21-10-4-5-11-22(21)19-31-16-8-14-25(31)33;/h4-7,10-13H,3,8-9,14-19H2,1-2H3,(H2,27,28,29);1H. The fourth-order valence-corrected chi connectivity index (χ4v) is 4.37. The first-order valence-electron chi connectivity index (χ1n) is 11.9. The van der Waals surface area contributed by atoms with Crippen LogP contribution in [0.15, 0.2) is 53.5 Å². The zero-order valence-electron chi connectivity index (χ0n) is 20.1. The maximum absolute atomic E-state index is 12.0. The lowest BCUT2D eigenvalue weighted by Gasteiger charge is -2.18. The number of imidazole rings is 1. The van der Waals surface area contributed by atoms with Crippen molar-refractivity contribution in [3.05, 3.63) is 65.5 Å². The van der Waals surface area contributed by atoms with E-state index in [1.54, 1.807) is 0 Å². The first-order valence-corrected chi connectivity index (χ1v) is 11.9. The lowest BCUT2D eigenvalue weighted by molar-refractivity contribution is -0.128. The number of guanidine groups is 1. The van der Waals surface area contributed by atoms with Crippen LogP contribution in [-0.2, 0) is 24.4 Å². The zero-order chi connectivity index (χ0) is 23.0. The fourth-order valence-electron chi connectivity index (χ4n) is 4.37. The molecule has 0 unspecified atom stereocenters. The fraction of sp³-hybridized carbons (Fsp3) is 0.423. The molecule has 0 radical (unpaired) electrons. The zero-order valence-corrected chi connectivity index (χ0v) is 22.4. The van der Waals surface area contributed by atoms with Gasteiger partial charge in [-0.1, -0.05) is 36.4 Å². The Bertz CT molecular complexity index is 1130. The van der Waals surface area contributed by atoms with Gasteiger partial charge in [0.05, 0.1) is 17.6 Å². The van der Waals surface area contributed by atoms with Gasteiger partial charge in [0.25, 0.3) is 0 Å². The normalized spacial score (nSPS) is 13.9. The van der Waals surface area contributed by atoms with Crippen molar-refractivity contribution < 1.29 is 4.79 Å². The highest BCUT2D eigenvalue weighted by molar-refractivity contribution is 14.0. The molecule has 0 saturated carbocycles. The Labute approximate surface area is 219 Å². The minimum absolute atomic E-state index is 0. The summed E-state index contributed by atoms with van der Waals surface area (Å²) < 4.78 is 2.27. The number of aliphatic imine (C=N–C) groups is 1. The largest absolute Gasteiger partial charge is 0.357 e. The first-order chi connectivity index (χ1) is 16.2. The van der Waals surface area contributed by atoms with Gasteiger partial charge in [0, 0.05) is 39.1 Å². The van der Waals surface area contributed by atoms with Gasteiger partial charge in [-0.25, -0.2) is 9.98 Å². The molecule has 2 N–H and O–H groups in total. The van der Waals surface area contributed by atoms with Crippen LogP contribution in [0, 0.1) is 6.92 Å². The van der Waals surface area contributed by atoms with E-state index in [9.17, 15) is 4.79 Å². The lowest BCUT2D eigenvalue weighted by atomic mass is 10.1. The third-order valence-electron chi connectivity index (χ3n) is 6.10. The number of amides is 1. The number of rotatable bonds is 9. The van der Waals surface area contributed by atoms with Crippen LogP contribution in [0.5, 0.6) is 0 Å². The summed E-state index contributed by atoms with van der Waals surface area (Å²) in [5, 5.41) is 6.80. The molecular weight excluding hydrogens is 539 g/mol. The smallest absolute Gasteiger partial charge is 0.222 e. The number of aromatic nitrogens is 2. The second-order valence-corrected chi connectivity index (χ2v) is 8.46. The lowest BCUT2D eigenvalue weighted by Crippen LogP contribution is -2.38. The van der Waals surface area contributed by atoms with Crippen molar-refractivity contribution in [1.29, 1.82) is 0 Å². The van der Waals surface area contributed by atoms with Gasteiger partial charge < -0.3 is 20.1 Å². The van der Waals surface area contributed by atoms with Crippen LogP contribution in [0.3, 0.4) is 0 Å². The molecule has 0 aliphatic carbocycles. The number of nitrogens with one attached hydrogen (secondary N) is 2. The van der Waals surface area contributed by atoms with Gasteiger partial charge in [-0.05, 0) is 49.9 Å². The van der Waals surface area contributed by atoms with Gasteiger partial charge in [-0.3, -0.25) is 4.79 Å². The van der Waals surface area contributed by atoms with E-state index >= 15 is 0 Å². The number of aryl methyl sites for hydroxylation is 2. The molecule has 1 aromatic heterocycles. The molecule has 1 fully saturated rings. The quantitative estimate of drug-likeness (QED) is 0.174. The summed E-state index contributed by atoms with van der Waals surface area (Å²) in [6.07, 6.45) is 2.60. The molecule has 8 heteroatoms. The third kappa shape index (κ3) is 6.49. The molecule has 0 bridgehead atoms. The molecule has 1 saturated heterocycles. The molecule has 3 aromatic rings. The Morgan fingerprint density at radius 3 is 2.62 bits per heavy atom. The van der Waals surface area contributed by atoms with Gasteiger partial charge in [0.2, 0.25) is 5.91 Å². The Morgan fingerprint density at radius 1 is 1.09 bits per heavy atom. The topological polar surface area (TPSA) is 74.6 Å². The molecule has 0 atom stereocenters. The molecule has 182 valence electrons. The van der Waals surface area contributed by atoms with E-state index in [4.69, 9.17) is 4.99 Å². The van der Waals surface area contributed by atoms with E-state index in [1.165, 1.54) is 11.1 Å². The summed E-state index contributed by atoms with van der Waals surface area (Å²) in [7, 11) is 0. The summed E-state index contributed by atoms with van der Waals surface area (Å²) in [5.74, 6) is 2.12. The van der Waals surface area contributed by atoms with Crippen molar-refractivity contribution >= 4 is 46.9 Å². The number of hydrogen-bond acceptors (Lipinski definition) is 3. The van der Waals surface area contributed by atoms with Gasteiger partial charge >= 0.3 is 0 Å². The van der Waals surface area contributed by atoms with Crippen LogP contribution in [-0.4, -0.2) is 46.0 Å². The minimum atomic E-state index is 0. The first kappa shape index (κ1) is 26.0. The predicted octanol–water partition coefficient (Wildman–Crippen LogP) is 4.23. The Hall–Kier alpha value is -2.62. The maximum atomic E-state index is 12.0. The van der Waals surface area contributed by atoms with E-state index in [0.29, 0.717) is 19.5 Å². The van der Waals surface area contributed by atoms with Gasteiger partial charge in [0.1, 0.15) is 5.82 Å². The van der Waals surface area contributed by atoms with Crippen LogP contribution >= 0.6 is 24.0 Å². The van der Waals surface area contributed by atoms with E-state index < -0.39 is 0 Å². The number of benzene rings is 2. The monoisotopic (exact) mass is 574 g/mol. The van der Waals surface area contributed by atoms with Crippen molar-refractivity contribution in [2.75, 3.05) is 19.6 Å². The summed E-state index contributed by atoms with van der Waals surface area (Å²) in [5.41, 5.74) is 4.57. The molecule has 2 aromatic carbocycles. The number of fused-ring (bicyclic) bond motifs is 1. The third-order valence-corrected chi connectivity index (χ3v) is 6.10. The van der Waals surface area contributed by atoms with Crippen molar-refractivity contribution in [1.82, 2.24) is 25.1 Å². The molecule has 2 heterocycles. The average molecular weight is 575 g/mol. The van der Waals surface area contributed by atoms with Crippen LogP contribution in [0.1, 0.15) is 43.1 Å². The molecule has 1 amide bonds. The van der Waals surface area contributed by atoms with Crippen molar-refractivity contribution in [3.8, 4) is 0 Å². The van der Waals surface area contributed by atoms with Gasteiger partial charge in [0.15, 0.2) is 5.96 Å². The van der Waals surface area contributed by atoms with Crippen molar-refractivity contribution in [2.24, 2.45) is 4.99 Å². The van der Waals surface area contributed by atoms with Gasteiger partial charge in [-0.15, -0.1) is 24.0 Å². The number of halogens is 1. The van der Waals surface area contributed by atoms with E-state index in [-0.39, 0.29) is 29.9 Å². The van der Waals surface area contributed by atoms with Crippen LogP contribution in [0.25, 0.3) is 11.0 Å². The van der Waals surface area contributed by atoms with E-state index in [1.807, 2.05) is 23.1 Å². The number of carbonyl (C=O) groups is 1. The average Bonchev–Trinajstić information content (AvgIpc) is 3.37. The molecule has 1 aliphatic rings. The highest BCUT2D eigenvalue weighted by Gasteiger charge is 2.20. The molecule has 0 spiro atoms. The van der Waals surface area contributed by atoms with Crippen LogP contribution in [0.2, 0.25) is 0 Å². The minimum Gasteiger partial charge on any atom is -0.357 e. The van der Waals surface area contributed by atoms with E-state index in [0.717, 1.165) is 61.9 Å². The second-order valence-electron chi connectivity index (χ2n) is 8.46. The Balaban J connectivity index is 0.00000324. The Morgan fingerprint density at radius 2 is 1.85 bits per heavy atom. The number of nitrogens with zero attached hydrogens (tertiary/aromatic N) is 4. The highest BCUT2D eigenvalue weighted by atomic mass is 127. The van der Waals surface area contributed by atoms with Crippen molar-refractivity contribution in [2.45, 2.75) is 52.7 Å². The summed E-state index contributed by atoms with van der Waals surface area (Å²) >= 11 is 0. The molecule has 7 nitrogen and oxygen atoms in total. The summed E-state index contributed by atoms with van der Waals surface area (Å²) in [6, 6.07) is 16.6. The molecule has 1 aliphatic heterocycles. The van der Waals surface area contributed by atoms with E-state index in [2.05, 4.69) is 64.4 Å². The molecule has 4 rings (SSSR count). The number of hydrogen-bond donors (Lipinski definition) is 2. The number of para-hydroxylation sites is 2. The second kappa shape index (κ2) is 12.7. The van der Waals surface area contributed by atoms with Gasteiger partial charge in [-0.2, -0.15) is 0 Å². The Kier molecular flexibility index (Phi) is 9.74. The number of carbonyl (C=O) groups excluding carboxylic acids is 1. The molecular formula is C26H35IN6O. The van der Waals surface area contributed by atoms with Crippen LogP contribution in [0.4, 0.5) is 0 Å². The maximum Gasteiger partial charge on any atom is 0.222 e. The summed E-state index contributed by atoms with van der Waals surface area (Å²) in [4.78, 5) is 23.5.